The van der Waals surface area contributed by atoms with E-state index in [1.54, 1.807) is 26.2 Å². The van der Waals surface area contributed by atoms with E-state index in [9.17, 15) is 13.2 Å². The van der Waals surface area contributed by atoms with Crippen molar-refractivity contribution in [3.63, 3.8) is 0 Å². The minimum absolute atomic E-state index is 0.0646. The Bertz CT molecular complexity index is 2170. The molecule has 1 unspecified atom stereocenters. The number of nitrogens with one attached hydrogen (secondary N) is 1. The quantitative estimate of drug-likeness (QED) is 0.188. The summed E-state index contributed by atoms with van der Waals surface area (Å²) in [5.41, 5.74) is 2.73. The number of sulfone groups is 1. The molecule has 0 radical (unpaired) electrons. The number of aryl methyl sites for hydroxylation is 3. The molecule has 1 atom stereocenters. The lowest BCUT2D eigenvalue weighted by Gasteiger charge is -2.19. The standard InChI is InChI=1S/C38H40F2N4O5S/c1-3-48-34(45)12-9-24-6-4-7-25(20-24)27-8-5-15-38(16-17-38)23-50(46,47)19-14-29-28-13-18-41-33(28)22-32(40)35(29)49-26-10-11-31(39)30(21-26)37-42-36(27)43-44(37)2/h4,6-7,10-11,13,18,20-22,27,41H,3,5,8-9,12,14-17,19,23H2,1-2H3. The number of esters is 1. The highest BCUT2D eigenvalue weighted by Gasteiger charge is 2.45. The number of rotatable bonds is 5. The minimum Gasteiger partial charge on any atom is -0.466 e. The maximum absolute atomic E-state index is 15.7. The molecule has 1 saturated carbocycles. The van der Waals surface area contributed by atoms with Crippen LogP contribution in [0, 0.1) is 17.0 Å². The lowest BCUT2D eigenvalue weighted by atomic mass is 9.89. The summed E-state index contributed by atoms with van der Waals surface area (Å²) in [6.07, 6.45) is 6.27. The molecule has 1 aliphatic heterocycles. The molecule has 50 heavy (non-hydrogen) atoms. The normalized spacial score (nSPS) is 18.5. The fourth-order valence-corrected chi connectivity index (χ4v) is 9.26. The van der Waals surface area contributed by atoms with E-state index in [4.69, 9.17) is 19.6 Å². The maximum atomic E-state index is 15.7. The summed E-state index contributed by atoms with van der Waals surface area (Å²) >= 11 is 0. The molecular formula is C38H40F2N4O5S. The van der Waals surface area contributed by atoms with Gasteiger partial charge in [0.2, 0.25) is 0 Å². The molecule has 2 aliphatic rings. The number of aromatic nitrogens is 4. The van der Waals surface area contributed by atoms with E-state index in [1.165, 1.54) is 28.9 Å². The van der Waals surface area contributed by atoms with Crippen LogP contribution >= 0.6 is 0 Å². The number of halogens is 2. The molecule has 3 heterocycles. The highest BCUT2D eigenvalue weighted by atomic mass is 32.2. The lowest BCUT2D eigenvalue weighted by Crippen LogP contribution is -2.21. The molecule has 0 saturated heterocycles. The Labute approximate surface area is 289 Å². The molecule has 0 amide bonds. The van der Waals surface area contributed by atoms with E-state index in [2.05, 4.69) is 4.98 Å². The van der Waals surface area contributed by atoms with Gasteiger partial charge in [-0.05, 0) is 86.3 Å². The highest BCUT2D eigenvalue weighted by molar-refractivity contribution is 7.91. The first-order valence-corrected chi connectivity index (χ1v) is 19.0. The summed E-state index contributed by atoms with van der Waals surface area (Å²) in [6, 6.07) is 15.2. The molecule has 7 rings (SSSR count). The van der Waals surface area contributed by atoms with Gasteiger partial charge in [-0.15, -0.1) is 0 Å². The third kappa shape index (κ3) is 7.17. The number of fused-ring (bicyclic) bond motifs is 8. The summed E-state index contributed by atoms with van der Waals surface area (Å²) in [4.78, 5) is 19.9. The first kappa shape index (κ1) is 33.9. The Kier molecular flexibility index (Phi) is 9.23. The van der Waals surface area contributed by atoms with Gasteiger partial charge in [0, 0.05) is 48.1 Å². The third-order valence-electron chi connectivity index (χ3n) is 9.98. The van der Waals surface area contributed by atoms with Gasteiger partial charge in [0.05, 0.1) is 23.7 Å². The number of nitrogens with zero attached hydrogens (tertiary/aromatic N) is 3. The van der Waals surface area contributed by atoms with Gasteiger partial charge >= 0.3 is 5.97 Å². The SMILES string of the molecule is CCOC(=O)CCc1cccc(C2CCCC3(CC3)CS(=O)(=O)CCc3c(c(F)cc4[nH]ccc34)Oc3ccc(F)c(c3)-c3nc2nn3C)c1. The van der Waals surface area contributed by atoms with Gasteiger partial charge in [-0.25, -0.2) is 26.9 Å². The Morgan fingerprint density at radius 3 is 2.74 bits per heavy atom. The van der Waals surface area contributed by atoms with Crippen molar-refractivity contribution in [1.29, 1.82) is 0 Å². The van der Waals surface area contributed by atoms with Gasteiger partial charge in [0.15, 0.2) is 33.1 Å². The molecule has 2 aromatic heterocycles. The highest BCUT2D eigenvalue weighted by Crippen LogP contribution is 2.52. The van der Waals surface area contributed by atoms with Crippen molar-refractivity contribution >= 4 is 26.7 Å². The van der Waals surface area contributed by atoms with Crippen LogP contribution in [0.4, 0.5) is 8.78 Å². The molecule has 9 nitrogen and oxygen atoms in total. The van der Waals surface area contributed by atoms with Gasteiger partial charge < -0.3 is 14.5 Å². The van der Waals surface area contributed by atoms with E-state index >= 15 is 8.78 Å². The molecule has 1 fully saturated rings. The second-order valence-corrected chi connectivity index (χ2v) is 15.8. The minimum atomic E-state index is -3.51. The van der Waals surface area contributed by atoms with E-state index in [0.29, 0.717) is 47.6 Å². The second kappa shape index (κ2) is 13.6. The van der Waals surface area contributed by atoms with E-state index in [0.717, 1.165) is 36.8 Å². The van der Waals surface area contributed by atoms with E-state index in [-0.39, 0.29) is 58.7 Å². The van der Waals surface area contributed by atoms with Crippen molar-refractivity contribution in [1.82, 2.24) is 19.7 Å². The van der Waals surface area contributed by atoms with Gasteiger partial charge in [-0.1, -0.05) is 30.7 Å². The Morgan fingerprint density at radius 1 is 1.10 bits per heavy atom. The summed E-state index contributed by atoms with van der Waals surface area (Å²) in [5, 5.41) is 5.44. The fourth-order valence-electron chi connectivity index (χ4n) is 7.24. The average Bonchev–Trinajstić information content (AvgIpc) is 3.46. The van der Waals surface area contributed by atoms with Crippen LogP contribution in [0.15, 0.2) is 60.8 Å². The van der Waals surface area contributed by atoms with Gasteiger partial charge in [-0.3, -0.25) is 4.79 Å². The van der Waals surface area contributed by atoms with Crippen LogP contribution < -0.4 is 4.74 Å². The molecule has 5 aromatic rings. The molecule has 3 aromatic carbocycles. The van der Waals surface area contributed by atoms with Gasteiger partial charge in [0.1, 0.15) is 11.6 Å². The predicted molar refractivity (Wildman–Crippen MR) is 186 cm³/mol. The van der Waals surface area contributed by atoms with Crippen LogP contribution in [0.5, 0.6) is 11.5 Å². The zero-order chi connectivity index (χ0) is 35.0. The molecular weight excluding hydrogens is 663 g/mol. The van der Waals surface area contributed by atoms with E-state index < -0.39 is 21.5 Å². The number of ether oxygens (including phenoxy) is 2. The summed E-state index contributed by atoms with van der Waals surface area (Å²) < 4.78 is 71.2. The van der Waals surface area contributed by atoms with Crippen molar-refractivity contribution < 1.29 is 31.5 Å². The van der Waals surface area contributed by atoms with Crippen LogP contribution in [-0.2, 0) is 39.3 Å². The maximum Gasteiger partial charge on any atom is 0.306 e. The summed E-state index contributed by atoms with van der Waals surface area (Å²) in [5.74, 6) is -0.926. The second-order valence-electron chi connectivity index (χ2n) is 13.6. The lowest BCUT2D eigenvalue weighted by molar-refractivity contribution is -0.143. The van der Waals surface area contributed by atoms with Crippen molar-refractivity contribution in [2.24, 2.45) is 12.5 Å². The Hall–Kier alpha value is -4.58. The topological polar surface area (TPSA) is 116 Å². The molecule has 12 heteroatoms. The first-order chi connectivity index (χ1) is 24.0. The van der Waals surface area contributed by atoms with Crippen molar-refractivity contribution in [2.75, 3.05) is 18.1 Å². The summed E-state index contributed by atoms with van der Waals surface area (Å²) in [7, 11) is -1.80. The molecule has 1 N–H and O–H groups in total. The van der Waals surface area contributed by atoms with Crippen LogP contribution in [0.2, 0.25) is 0 Å². The smallest absolute Gasteiger partial charge is 0.306 e. The van der Waals surface area contributed by atoms with Crippen molar-refractivity contribution in [2.45, 2.75) is 64.2 Å². The third-order valence-corrected chi connectivity index (χ3v) is 11.9. The number of hydrogen-bond acceptors (Lipinski definition) is 7. The fraction of sp³-hybridized carbons (Fsp3) is 0.395. The van der Waals surface area contributed by atoms with Crippen LogP contribution in [0.25, 0.3) is 22.3 Å². The predicted octanol–water partition coefficient (Wildman–Crippen LogP) is 7.58. The largest absolute Gasteiger partial charge is 0.466 e. The van der Waals surface area contributed by atoms with E-state index in [1.807, 2.05) is 24.3 Å². The van der Waals surface area contributed by atoms with Crippen molar-refractivity contribution in [3.05, 3.63) is 94.9 Å². The number of benzene rings is 3. The van der Waals surface area contributed by atoms with Gasteiger partial charge in [-0.2, -0.15) is 5.10 Å². The number of H-pyrrole nitrogens is 1. The first-order valence-electron chi connectivity index (χ1n) is 17.2. The average molecular weight is 703 g/mol. The Morgan fingerprint density at radius 2 is 1.94 bits per heavy atom. The molecule has 4 bridgehead atoms. The number of aromatic amines is 1. The summed E-state index contributed by atoms with van der Waals surface area (Å²) in [6.45, 7) is 2.11. The monoisotopic (exact) mass is 702 g/mol. The molecule has 1 aliphatic carbocycles. The van der Waals surface area contributed by atoms with Gasteiger partial charge in [0.25, 0.3) is 0 Å². The molecule has 262 valence electrons. The number of carbonyl (C=O) groups excluding carboxylic acids is 1. The van der Waals surface area contributed by atoms with Crippen molar-refractivity contribution in [3.8, 4) is 22.9 Å². The molecule has 1 spiro atoms. The van der Waals surface area contributed by atoms with Crippen LogP contribution in [0.3, 0.4) is 0 Å². The number of hydrogen-bond donors (Lipinski definition) is 1. The zero-order valence-electron chi connectivity index (χ0n) is 28.2. The number of carbonyl (C=O) groups is 1. The zero-order valence-corrected chi connectivity index (χ0v) is 29.0. The van der Waals surface area contributed by atoms with Crippen LogP contribution in [0.1, 0.15) is 73.9 Å². The van der Waals surface area contributed by atoms with Crippen LogP contribution in [-0.4, -0.2) is 52.2 Å². The Balaban J connectivity index is 1.30.